The lowest BCUT2D eigenvalue weighted by Crippen LogP contribution is -2.38. The number of nitrogens with one attached hydrogen (secondary N) is 1. The number of nitrogens with zero attached hydrogens (tertiary/aromatic N) is 1. The minimum Gasteiger partial charge on any atom is -0.445 e. The number of alkyl halides is 3. The first-order valence-corrected chi connectivity index (χ1v) is 9.01. The highest BCUT2D eigenvalue weighted by Gasteiger charge is 2.41. The molecule has 0 atom stereocenters. The lowest BCUT2D eigenvalue weighted by Gasteiger charge is -2.34. The average molecular weight is 393 g/mol. The van der Waals surface area contributed by atoms with Crippen LogP contribution in [0.2, 0.25) is 0 Å². The predicted molar refractivity (Wildman–Crippen MR) is 102 cm³/mol. The van der Waals surface area contributed by atoms with Crippen LogP contribution in [0.3, 0.4) is 0 Å². The second kappa shape index (κ2) is 8.41. The van der Waals surface area contributed by atoms with Gasteiger partial charge in [0, 0.05) is 30.2 Å². The van der Waals surface area contributed by atoms with Crippen molar-refractivity contribution in [3.8, 4) is 0 Å². The molecule has 0 bridgehead atoms. The van der Waals surface area contributed by atoms with Crippen LogP contribution in [0.4, 0.5) is 35.0 Å². The monoisotopic (exact) mass is 393 g/mol. The number of primary amides is 1. The van der Waals surface area contributed by atoms with Gasteiger partial charge in [0.25, 0.3) is 0 Å². The molecule has 1 saturated heterocycles. The summed E-state index contributed by atoms with van der Waals surface area (Å²) in [6.45, 7) is 0.937. The Bertz CT molecular complexity index is 784. The third-order valence-corrected chi connectivity index (χ3v) is 4.81. The molecule has 150 valence electrons. The summed E-state index contributed by atoms with van der Waals surface area (Å²) in [5.41, 5.74) is 8.41. The molecule has 0 aromatic heterocycles. The molecule has 5 nitrogen and oxygen atoms in total. The molecule has 0 spiro atoms. The molecular formula is C20H22F3N3O2. The zero-order valence-corrected chi connectivity index (χ0v) is 15.2. The maximum Gasteiger partial charge on any atom is 0.404 e. The molecule has 1 aliphatic rings. The quantitative estimate of drug-likeness (QED) is 0.765. The maximum atomic E-state index is 12.8. The molecule has 3 N–H and O–H groups in total. The molecule has 1 heterocycles. The van der Waals surface area contributed by atoms with Crippen LogP contribution >= 0.6 is 0 Å². The number of hydrogen-bond acceptors (Lipinski definition) is 4. The molecule has 0 aliphatic carbocycles. The number of ether oxygens (including phenoxy) is 1. The third-order valence-electron chi connectivity index (χ3n) is 4.81. The van der Waals surface area contributed by atoms with Crippen molar-refractivity contribution in [2.45, 2.75) is 25.6 Å². The van der Waals surface area contributed by atoms with Crippen LogP contribution in [0.5, 0.6) is 0 Å². The SMILES string of the molecule is NC(=O)OCc1ccc(Nc2ccc(N3CCC(C(F)(F)F)CC3)cc2)cc1. The Hall–Kier alpha value is -2.90. The van der Waals surface area contributed by atoms with Crippen molar-refractivity contribution in [2.75, 3.05) is 23.3 Å². The highest BCUT2D eigenvalue weighted by Crippen LogP contribution is 2.35. The maximum absolute atomic E-state index is 12.8. The smallest absolute Gasteiger partial charge is 0.404 e. The fourth-order valence-corrected chi connectivity index (χ4v) is 3.23. The van der Waals surface area contributed by atoms with Crippen LogP contribution in [0.15, 0.2) is 48.5 Å². The van der Waals surface area contributed by atoms with Crippen LogP contribution < -0.4 is 16.0 Å². The number of carbonyl (C=O) groups is 1. The van der Waals surface area contributed by atoms with Gasteiger partial charge in [0.15, 0.2) is 0 Å². The van der Waals surface area contributed by atoms with Crippen LogP contribution in [0, 0.1) is 5.92 Å². The Balaban J connectivity index is 1.54. The number of amides is 1. The van der Waals surface area contributed by atoms with Gasteiger partial charge in [0.1, 0.15) is 6.61 Å². The molecule has 0 unspecified atom stereocenters. The van der Waals surface area contributed by atoms with Crippen molar-refractivity contribution < 1.29 is 22.7 Å². The van der Waals surface area contributed by atoms with E-state index >= 15 is 0 Å². The second-order valence-electron chi connectivity index (χ2n) is 6.78. The van der Waals surface area contributed by atoms with Crippen LogP contribution in [0.1, 0.15) is 18.4 Å². The molecule has 2 aromatic carbocycles. The second-order valence-corrected chi connectivity index (χ2v) is 6.78. The minimum atomic E-state index is -4.10. The number of nitrogens with two attached hydrogens (primary N) is 1. The summed E-state index contributed by atoms with van der Waals surface area (Å²) in [5, 5.41) is 3.25. The van der Waals surface area contributed by atoms with E-state index in [9.17, 15) is 18.0 Å². The molecule has 8 heteroatoms. The largest absolute Gasteiger partial charge is 0.445 e. The fraction of sp³-hybridized carbons (Fsp3) is 0.350. The average Bonchev–Trinajstić information content (AvgIpc) is 2.67. The summed E-state index contributed by atoms with van der Waals surface area (Å²) in [6, 6.07) is 15.0. The Morgan fingerprint density at radius 1 is 1.04 bits per heavy atom. The van der Waals surface area contributed by atoms with Gasteiger partial charge >= 0.3 is 12.3 Å². The fourth-order valence-electron chi connectivity index (χ4n) is 3.23. The molecule has 1 aliphatic heterocycles. The molecule has 2 aromatic rings. The van der Waals surface area contributed by atoms with Crippen molar-refractivity contribution in [3.63, 3.8) is 0 Å². The van der Waals surface area contributed by atoms with E-state index in [2.05, 4.69) is 5.32 Å². The molecule has 28 heavy (non-hydrogen) atoms. The van der Waals surface area contributed by atoms with Gasteiger partial charge in [-0.25, -0.2) is 4.79 Å². The zero-order valence-electron chi connectivity index (χ0n) is 15.2. The van der Waals surface area contributed by atoms with E-state index in [4.69, 9.17) is 10.5 Å². The van der Waals surface area contributed by atoms with Gasteiger partial charge in [-0.2, -0.15) is 13.2 Å². The van der Waals surface area contributed by atoms with Gasteiger partial charge < -0.3 is 20.7 Å². The predicted octanol–water partition coefficient (Wildman–Crippen LogP) is 4.80. The summed E-state index contributed by atoms with van der Waals surface area (Å²) in [5.74, 6) is -1.19. The van der Waals surface area contributed by atoms with Crippen molar-refractivity contribution in [3.05, 3.63) is 54.1 Å². The van der Waals surface area contributed by atoms with E-state index in [1.807, 2.05) is 53.4 Å². The highest BCUT2D eigenvalue weighted by molar-refractivity contribution is 5.65. The van der Waals surface area contributed by atoms with Crippen molar-refractivity contribution in [1.29, 1.82) is 0 Å². The summed E-state index contributed by atoms with van der Waals surface area (Å²) >= 11 is 0. The van der Waals surface area contributed by atoms with Crippen molar-refractivity contribution in [1.82, 2.24) is 0 Å². The van der Waals surface area contributed by atoms with E-state index in [-0.39, 0.29) is 19.4 Å². The summed E-state index contributed by atoms with van der Waals surface area (Å²) in [6.07, 6.45) is -4.64. The van der Waals surface area contributed by atoms with Crippen molar-refractivity contribution >= 4 is 23.2 Å². The van der Waals surface area contributed by atoms with E-state index in [0.29, 0.717) is 13.1 Å². The Morgan fingerprint density at radius 2 is 1.57 bits per heavy atom. The Kier molecular flexibility index (Phi) is 5.96. The lowest BCUT2D eigenvalue weighted by molar-refractivity contribution is -0.179. The van der Waals surface area contributed by atoms with Gasteiger partial charge in [0.2, 0.25) is 0 Å². The number of carbonyl (C=O) groups excluding carboxylic acids is 1. The number of piperidine rings is 1. The van der Waals surface area contributed by atoms with Crippen LogP contribution in [-0.4, -0.2) is 25.4 Å². The lowest BCUT2D eigenvalue weighted by atomic mass is 9.96. The van der Waals surface area contributed by atoms with Crippen molar-refractivity contribution in [2.24, 2.45) is 11.7 Å². The summed E-state index contributed by atoms with van der Waals surface area (Å²) in [7, 11) is 0. The number of halogens is 3. The standard InChI is InChI=1S/C20H22F3N3O2/c21-20(22,23)15-9-11-26(12-10-15)18-7-5-17(6-8-18)25-16-3-1-14(2-4-16)13-28-19(24)27/h1-8,15,25H,9-13H2,(H2,24,27). The van der Waals surface area contributed by atoms with Gasteiger partial charge in [-0.05, 0) is 54.8 Å². The van der Waals surface area contributed by atoms with E-state index < -0.39 is 18.2 Å². The van der Waals surface area contributed by atoms with Crippen LogP contribution in [0.25, 0.3) is 0 Å². The van der Waals surface area contributed by atoms with Gasteiger partial charge in [-0.3, -0.25) is 0 Å². The van der Waals surface area contributed by atoms with E-state index in [1.165, 1.54) is 0 Å². The Labute approximate surface area is 161 Å². The van der Waals surface area contributed by atoms with E-state index in [1.54, 1.807) is 0 Å². The molecule has 3 rings (SSSR count). The highest BCUT2D eigenvalue weighted by atomic mass is 19.4. The van der Waals surface area contributed by atoms with E-state index in [0.717, 1.165) is 22.6 Å². The molecule has 1 amide bonds. The number of benzene rings is 2. The number of anilines is 3. The normalized spacial score (nSPS) is 15.3. The molecule has 0 radical (unpaired) electrons. The minimum absolute atomic E-state index is 0.120. The molecule has 1 fully saturated rings. The third kappa shape index (κ3) is 5.31. The number of hydrogen-bond donors (Lipinski definition) is 2. The van der Waals surface area contributed by atoms with Crippen LogP contribution in [-0.2, 0) is 11.3 Å². The van der Waals surface area contributed by atoms with Gasteiger partial charge in [-0.15, -0.1) is 0 Å². The number of rotatable bonds is 5. The Morgan fingerprint density at radius 3 is 2.07 bits per heavy atom. The topological polar surface area (TPSA) is 67.6 Å². The molecular weight excluding hydrogens is 371 g/mol. The first kappa shape index (κ1) is 19.9. The van der Waals surface area contributed by atoms with Gasteiger partial charge in [0.05, 0.1) is 5.92 Å². The first-order valence-electron chi connectivity index (χ1n) is 9.01. The van der Waals surface area contributed by atoms with Gasteiger partial charge in [-0.1, -0.05) is 12.1 Å². The zero-order chi connectivity index (χ0) is 20.1. The molecule has 0 saturated carbocycles. The summed E-state index contributed by atoms with van der Waals surface area (Å²) < 4.78 is 43.1. The first-order chi connectivity index (χ1) is 13.3. The summed E-state index contributed by atoms with van der Waals surface area (Å²) in [4.78, 5) is 12.6.